The summed E-state index contributed by atoms with van der Waals surface area (Å²) in [4.78, 5) is 37.9. The number of carbonyl (C=O) groups excluding carboxylic acids is 3. The van der Waals surface area contributed by atoms with E-state index >= 15 is 0 Å². The number of halogens is 1. The number of amides is 2. The first kappa shape index (κ1) is 19.9. The number of ether oxygens (including phenoxy) is 1. The first-order chi connectivity index (χ1) is 13.4. The number of anilines is 1. The van der Waals surface area contributed by atoms with Crippen LogP contribution in [0.5, 0.6) is 0 Å². The summed E-state index contributed by atoms with van der Waals surface area (Å²) >= 11 is 5.82. The van der Waals surface area contributed by atoms with Gasteiger partial charge in [-0.3, -0.25) is 14.4 Å². The monoisotopic (exact) mass is 400 g/mol. The molecule has 0 saturated carbocycles. The summed E-state index contributed by atoms with van der Waals surface area (Å²) in [5.41, 5.74) is 2.74. The number of benzene rings is 2. The third-order valence-electron chi connectivity index (χ3n) is 4.55. The van der Waals surface area contributed by atoms with Gasteiger partial charge in [0.15, 0.2) is 6.61 Å². The number of aryl methyl sites for hydroxylation is 1. The topological polar surface area (TPSA) is 75.7 Å². The lowest BCUT2D eigenvalue weighted by Crippen LogP contribution is -2.31. The van der Waals surface area contributed by atoms with Crippen molar-refractivity contribution in [2.75, 3.05) is 18.1 Å². The Bertz CT molecular complexity index is 865. The first-order valence-electron chi connectivity index (χ1n) is 8.97. The number of rotatable bonds is 6. The van der Waals surface area contributed by atoms with Gasteiger partial charge in [-0.1, -0.05) is 41.4 Å². The second-order valence-electron chi connectivity index (χ2n) is 6.75. The van der Waals surface area contributed by atoms with E-state index in [2.05, 4.69) is 5.32 Å². The van der Waals surface area contributed by atoms with Gasteiger partial charge in [-0.05, 0) is 36.8 Å². The molecule has 1 fully saturated rings. The molecule has 0 aromatic heterocycles. The van der Waals surface area contributed by atoms with Crippen LogP contribution in [0.4, 0.5) is 5.69 Å². The van der Waals surface area contributed by atoms with Crippen LogP contribution in [-0.2, 0) is 25.7 Å². The Balaban J connectivity index is 1.45. The highest BCUT2D eigenvalue weighted by Gasteiger charge is 2.36. The summed E-state index contributed by atoms with van der Waals surface area (Å²) in [6.45, 7) is 2.17. The van der Waals surface area contributed by atoms with Crippen LogP contribution in [0.15, 0.2) is 48.5 Å². The third-order valence-corrected chi connectivity index (χ3v) is 4.80. The van der Waals surface area contributed by atoms with Crippen molar-refractivity contribution in [3.05, 3.63) is 64.7 Å². The lowest BCUT2D eigenvalue weighted by atomic mass is 10.1. The predicted octanol–water partition coefficient (Wildman–Crippen LogP) is 2.86. The predicted molar refractivity (Wildman–Crippen MR) is 106 cm³/mol. The standard InChI is InChI=1S/C21H21ClN2O4/c1-14-2-8-18(9-3-14)24-12-16(10-20(24)26)21(27)28-13-19(25)23-11-15-4-6-17(22)7-5-15/h2-9,16H,10-13H2,1H3,(H,23,25)/t16-/m0/s1. The Morgan fingerprint density at radius 2 is 1.82 bits per heavy atom. The molecule has 1 aliphatic heterocycles. The van der Waals surface area contributed by atoms with Gasteiger partial charge < -0.3 is 15.0 Å². The van der Waals surface area contributed by atoms with E-state index in [-0.39, 0.29) is 25.5 Å². The van der Waals surface area contributed by atoms with Crippen molar-refractivity contribution in [1.29, 1.82) is 0 Å². The van der Waals surface area contributed by atoms with E-state index in [1.165, 1.54) is 0 Å². The van der Waals surface area contributed by atoms with Crippen LogP contribution in [0.3, 0.4) is 0 Å². The molecule has 1 N–H and O–H groups in total. The second-order valence-corrected chi connectivity index (χ2v) is 7.19. The zero-order valence-corrected chi connectivity index (χ0v) is 16.2. The zero-order valence-electron chi connectivity index (χ0n) is 15.5. The molecule has 1 atom stereocenters. The number of nitrogens with one attached hydrogen (secondary N) is 1. The summed E-state index contributed by atoms with van der Waals surface area (Å²) in [7, 11) is 0. The normalized spacial score (nSPS) is 16.1. The van der Waals surface area contributed by atoms with E-state index in [9.17, 15) is 14.4 Å². The van der Waals surface area contributed by atoms with E-state index < -0.39 is 17.8 Å². The summed E-state index contributed by atoms with van der Waals surface area (Å²) in [6.07, 6.45) is 0.0824. The first-order valence-corrected chi connectivity index (χ1v) is 9.35. The smallest absolute Gasteiger partial charge is 0.311 e. The van der Waals surface area contributed by atoms with Crippen LogP contribution in [0.2, 0.25) is 5.02 Å². The third kappa shape index (κ3) is 5.10. The quantitative estimate of drug-likeness (QED) is 0.756. The van der Waals surface area contributed by atoms with Crippen LogP contribution < -0.4 is 10.2 Å². The van der Waals surface area contributed by atoms with Gasteiger partial charge in [0.25, 0.3) is 5.91 Å². The lowest BCUT2D eigenvalue weighted by Gasteiger charge is -2.16. The van der Waals surface area contributed by atoms with Gasteiger partial charge in [-0.25, -0.2) is 0 Å². The molecule has 1 heterocycles. The Morgan fingerprint density at radius 3 is 2.50 bits per heavy atom. The number of hydrogen-bond donors (Lipinski definition) is 1. The molecule has 1 saturated heterocycles. The highest BCUT2D eigenvalue weighted by atomic mass is 35.5. The summed E-state index contributed by atoms with van der Waals surface area (Å²) in [6, 6.07) is 14.6. The van der Waals surface area contributed by atoms with E-state index in [4.69, 9.17) is 16.3 Å². The van der Waals surface area contributed by atoms with Crippen LogP contribution in [-0.4, -0.2) is 30.9 Å². The summed E-state index contributed by atoms with van der Waals surface area (Å²) < 4.78 is 5.10. The molecule has 146 valence electrons. The molecule has 3 rings (SSSR count). The molecule has 28 heavy (non-hydrogen) atoms. The molecule has 0 unspecified atom stereocenters. The van der Waals surface area contributed by atoms with Crippen molar-refractivity contribution in [2.24, 2.45) is 5.92 Å². The van der Waals surface area contributed by atoms with Gasteiger partial charge in [-0.15, -0.1) is 0 Å². The lowest BCUT2D eigenvalue weighted by molar-refractivity contribution is -0.152. The fourth-order valence-electron chi connectivity index (χ4n) is 2.95. The van der Waals surface area contributed by atoms with Crippen LogP contribution in [0, 0.1) is 12.8 Å². The van der Waals surface area contributed by atoms with Crippen LogP contribution >= 0.6 is 11.6 Å². The van der Waals surface area contributed by atoms with Gasteiger partial charge >= 0.3 is 5.97 Å². The molecule has 2 aromatic rings. The van der Waals surface area contributed by atoms with Gasteiger partial charge in [-0.2, -0.15) is 0 Å². The minimum Gasteiger partial charge on any atom is -0.455 e. The molecular weight excluding hydrogens is 380 g/mol. The van der Waals surface area contributed by atoms with Gasteiger partial charge in [0, 0.05) is 30.2 Å². The van der Waals surface area contributed by atoms with Gasteiger partial charge in [0.2, 0.25) is 5.91 Å². The number of esters is 1. The van der Waals surface area contributed by atoms with Crippen molar-refractivity contribution >= 4 is 35.1 Å². The number of hydrogen-bond acceptors (Lipinski definition) is 4. The molecule has 0 radical (unpaired) electrons. The maximum Gasteiger partial charge on any atom is 0.311 e. The van der Waals surface area contributed by atoms with Crippen molar-refractivity contribution in [3.63, 3.8) is 0 Å². The van der Waals surface area contributed by atoms with Crippen molar-refractivity contribution in [3.8, 4) is 0 Å². The molecular formula is C21H21ClN2O4. The Labute approximate surface area is 168 Å². The zero-order chi connectivity index (χ0) is 20.1. The molecule has 2 amide bonds. The Morgan fingerprint density at radius 1 is 1.14 bits per heavy atom. The minimum atomic E-state index is -0.571. The Kier molecular flexibility index (Phi) is 6.31. The Hall–Kier alpha value is -2.86. The molecule has 1 aliphatic rings. The average molecular weight is 401 g/mol. The SMILES string of the molecule is Cc1ccc(N2C[C@@H](C(=O)OCC(=O)NCc3ccc(Cl)cc3)CC2=O)cc1. The summed E-state index contributed by atoms with van der Waals surface area (Å²) in [5, 5.41) is 3.30. The van der Waals surface area contributed by atoms with Crippen molar-refractivity contribution in [2.45, 2.75) is 19.9 Å². The maximum atomic E-state index is 12.2. The van der Waals surface area contributed by atoms with E-state index in [1.54, 1.807) is 29.2 Å². The van der Waals surface area contributed by atoms with Crippen LogP contribution in [0.1, 0.15) is 17.5 Å². The minimum absolute atomic E-state index is 0.0824. The summed E-state index contributed by atoms with van der Waals surface area (Å²) in [5.74, 6) is -1.64. The molecule has 0 spiro atoms. The van der Waals surface area contributed by atoms with E-state index in [1.807, 2.05) is 31.2 Å². The van der Waals surface area contributed by atoms with E-state index in [0.29, 0.717) is 11.6 Å². The highest BCUT2D eigenvalue weighted by molar-refractivity contribution is 6.30. The van der Waals surface area contributed by atoms with Gasteiger partial charge in [0.05, 0.1) is 5.92 Å². The highest BCUT2D eigenvalue weighted by Crippen LogP contribution is 2.26. The van der Waals surface area contributed by atoms with Crippen molar-refractivity contribution in [1.82, 2.24) is 5.32 Å². The molecule has 7 heteroatoms. The largest absolute Gasteiger partial charge is 0.455 e. The molecule has 0 bridgehead atoms. The fraction of sp³-hybridized carbons (Fsp3) is 0.286. The van der Waals surface area contributed by atoms with Gasteiger partial charge in [0.1, 0.15) is 0 Å². The van der Waals surface area contributed by atoms with Crippen LogP contribution in [0.25, 0.3) is 0 Å². The second kappa shape index (κ2) is 8.89. The fourth-order valence-corrected chi connectivity index (χ4v) is 3.07. The number of carbonyl (C=O) groups is 3. The van der Waals surface area contributed by atoms with Crippen molar-refractivity contribution < 1.29 is 19.1 Å². The maximum absolute atomic E-state index is 12.2. The van der Waals surface area contributed by atoms with E-state index in [0.717, 1.165) is 16.8 Å². The molecule has 2 aromatic carbocycles. The number of nitrogens with zero attached hydrogens (tertiary/aromatic N) is 1. The average Bonchev–Trinajstić information content (AvgIpc) is 3.08. The molecule has 6 nitrogen and oxygen atoms in total. The molecule has 0 aliphatic carbocycles.